The van der Waals surface area contributed by atoms with Gasteiger partial charge < -0.3 is 15.1 Å². The monoisotopic (exact) mass is 452 g/mol. The Morgan fingerprint density at radius 3 is 2.88 bits per heavy atom. The first-order valence-electron chi connectivity index (χ1n) is 12.2. The van der Waals surface area contributed by atoms with E-state index in [9.17, 15) is 4.79 Å². The summed E-state index contributed by atoms with van der Waals surface area (Å²) in [6.45, 7) is 6.79. The highest BCUT2D eigenvalue weighted by Gasteiger charge is 2.25. The van der Waals surface area contributed by atoms with E-state index in [4.69, 9.17) is 0 Å². The van der Waals surface area contributed by atoms with E-state index in [0.717, 1.165) is 58.3 Å². The van der Waals surface area contributed by atoms with Crippen LogP contribution in [0.1, 0.15) is 55.2 Å². The average Bonchev–Trinajstić information content (AvgIpc) is 3.32. The van der Waals surface area contributed by atoms with Crippen LogP contribution in [-0.4, -0.2) is 59.6 Å². The molecule has 32 heavy (non-hydrogen) atoms. The Balaban J connectivity index is 1.16. The number of rotatable bonds is 9. The van der Waals surface area contributed by atoms with E-state index >= 15 is 0 Å². The summed E-state index contributed by atoms with van der Waals surface area (Å²) < 4.78 is 0. The van der Waals surface area contributed by atoms with Crippen LogP contribution < -0.4 is 5.32 Å². The van der Waals surface area contributed by atoms with Crippen LogP contribution in [0.4, 0.5) is 4.79 Å². The summed E-state index contributed by atoms with van der Waals surface area (Å²) in [5, 5.41) is 3.13. The van der Waals surface area contributed by atoms with Crippen LogP contribution in [-0.2, 0) is 12.8 Å². The zero-order chi connectivity index (χ0) is 22.2. The summed E-state index contributed by atoms with van der Waals surface area (Å²) in [6, 6.07) is 11.2. The molecule has 0 radical (unpaired) electrons. The van der Waals surface area contributed by atoms with Gasteiger partial charge in [0.1, 0.15) is 0 Å². The third-order valence-corrected chi connectivity index (χ3v) is 7.57. The molecule has 2 amide bonds. The fourth-order valence-electron chi connectivity index (χ4n) is 4.87. The molecule has 1 aliphatic heterocycles. The van der Waals surface area contributed by atoms with Crippen molar-refractivity contribution in [1.29, 1.82) is 0 Å². The van der Waals surface area contributed by atoms with Crippen molar-refractivity contribution in [2.24, 2.45) is 0 Å². The zero-order valence-corrected chi connectivity index (χ0v) is 20.1. The van der Waals surface area contributed by atoms with Gasteiger partial charge in [-0.1, -0.05) is 43.3 Å². The minimum absolute atomic E-state index is 0.0729. The van der Waals surface area contributed by atoms with E-state index < -0.39 is 0 Å². The first-order chi connectivity index (χ1) is 15.7. The van der Waals surface area contributed by atoms with Crippen molar-refractivity contribution in [2.45, 2.75) is 57.9 Å². The normalized spacial score (nSPS) is 18.4. The molecular formula is C26H36N4OS. The maximum Gasteiger partial charge on any atom is 0.317 e. The van der Waals surface area contributed by atoms with Gasteiger partial charge in [0.15, 0.2) is 0 Å². The Morgan fingerprint density at radius 1 is 1.22 bits per heavy atom. The summed E-state index contributed by atoms with van der Waals surface area (Å²) in [5.41, 5.74) is 5.95. The van der Waals surface area contributed by atoms with Crippen molar-refractivity contribution in [2.75, 3.05) is 32.7 Å². The Kier molecular flexibility index (Phi) is 8.35. The lowest BCUT2D eigenvalue weighted by Crippen LogP contribution is -2.43. The summed E-state index contributed by atoms with van der Waals surface area (Å²) >= 11 is 1.82. The largest absolute Gasteiger partial charge is 0.338 e. The molecule has 0 saturated carbocycles. The van der Waals surface area contributed by atoms with Gasteiger partial charge in [-0.05, 0) is 69.2 Å². The van der Waals surface area contributed by atoms with Gasteiger partial charge in [-0.3, -0.25) is 0 Å². The minimum atomic E-state index is 0.0729. The van der Waals surface area contributed by atoms with Gasteiger partial charge in [0.25, 0.3) is 0 Å². The molecule has 1 aliphatic carbocycles. The standard InChI is InChI=1S/C26H36N4OS/c1-2-15-29(23-10-11-24-25(19-23)32-20-28-24)16-7-6-14-27-26(31)30-17-12-22(13-18-30)21-8-4-3-5-9-21/h3-5,8-9,12,20,23H,2,6-7,10-11,13-19H2,1H3,(H,27,31). The second kappa shape index (κ2) is 11.6. The van der Waals surface area contributed by atoms with Gasteiger partial charge in [-0.2, -0.15) is 0 Å². The molecule has 2 heterocycles. The first kappa shape index (κ1) is 23.0. The number of thiazole rings is 1. The van der Waals surface area contributed by atoms with Gasteiger partial charge in [0.2, 0.25) is 0 Å². The van der Waals surface area contributed by atoms with Crippen LogP contribution in [0, 0.1) is 0 Å². The number of benzene rings is 1. The maximum absolute atomic E-state index is 12.5. The van der Waals surface area contributed by atoms with Crippen molar-refractivity contribution in [3.63, 3.8) is 0 Å². The molecule has 0 bridgehead atoms. The smallest absolute Gasteiger partial charge is 0.317 e. The number of hydrogen-bond donors (Lipinski definition) is 1. The summed E-state index contributed by atoms with van der Waals surface area (Å²) in [6.07, 6.45) is 9.97. The van der Waals surface area contributed by atoms with Gasteiger partial charge in [-0.15, -0.1) is 11.3 Å². The Bertz CT molecular complexity index is 894. The summed E-state index contributed by atoms with van der Waals surface area (Å²) in [7, 11) is 0. The van der Waals surface area contributed by atoms with E-state index in [0.29, 0.717) is 12.6 Å². The topological polar surface area (TPSA) is 48.5 Å². The van der Waals surface area contributed by atoms with Gasteiger partial charge in [0.05, 0.1) is 11.2 Å². The van der Waals surface area contributed by atoms with Crippen molar-refractivity contribution in [1.82, 2.24) is 20.1 Å². The quantitative estimate of drug-likeness (QED) is 0.545. The van der Waals surface area contributed by atoms with E-state index in [-0.39, 0.29) is 6.03 Å². The van der Waals surface area contributed by atoms with Crippen LogP contribution in [0.15, 0.2) is 41.9 Å². The number of aromatic nitrogens is 1. The molecule has 5 nitrogen and oxygen atoms in total. The molecule has 1 N–H and O–H groups in total. The molecule has 1 aromatic carbocycles. The molecule has 0 saturated heterocycles. The number of aryl methyl sites for hydroxylation is 1. The highest BCUT2D eigenvalue weighted by molar-refractivity contribution is 7.09. The van der Waals surface area contributed by atoms with Crippen molar-refractivity contribution < 1.29 is 4.79 Å². The predicted molar refractivity (Wildman–Crippen MR) is 133 cm³/mol. The highest BCUT2D eigenvalue weighted by atomic mass is 32.1. The lowest BCUT2D eigenvalue weighted by Gasteiger charge is -2.34. The number of unbranched alkanes of at least 4 members (excludes halogenated alkanes) is 1. The molecule has 0 spiro atoms. The van der Waals surface area contributed by atoms with E-state index in [1.165, 1.54) is 34.5 Å². The molecule has 1 unspecified atom stereocenters. The second-order valence-electron chi connectivity index (χ2n) is 8.89. The molecule has 2 aromatic rings. The maximum atomic E-state index is 12.5. The summed E-state index contributed by atoms with van der Waals surface area (Å²) in [4.78, 5) is 23.1. The van der Waals surface area contributed by atoms with Crippen LogP contribution >= 0.6 is 11.3 Å². The molecule has 0 fully saturated rings. The lowest BCUT2D eigenvalue weighted by atomic mass is 9.96. The second-order valence-corrected chi connectivity index (χ2v) is 9.82. The number of nitrogens with zero attached hydrogens (tertiary/aromatic N) is 3. The number of hydrogen-bond acceptors (Lipinski definition) is 4. The summed E-state index contributed by atoms with van der Waals surface area (Å²) in [5.74, 6) is 0. The molecule has 1 atom stereocenters. The van der Waals surface area contributed by atoms with Crippen LogP contribution in [0.3, 0.4) is 0 Å². The number of urea groups is 1. The fourth-order valence-corrected chi connectivity index (χ4v) is 5.76. The van der Waals surface area contributed by atoms with Gasteiger partial charge in [0, 0.05) is 30.6 Å². The van der Waals surface area contributed by atoms with Crippen molar-refractivity contribution >= 4 is 22.9 Å². The van der Waals surface area contributed by atoms with Crippen LogP contribution in [0.25, 0.3) is 5.57 Å². The van der Waals surface area contributed by atoms with E-state index in [1.807, 2.05) is 27.8 Å². The Labute approximate surface area is 196 Å². The molecule has 1 aromatic heterocycles. The molecular weight excluding hydrogens is 416 g/mol. The number of nitrogens with one attached hydrogen (secondary N) is 1. The highest BCUT2D eigenvalue weighted by Crippen LogP contribution is 2.27. The fraction of sp³-hybridized carbons (Fsp3) is 0.538. The third-order valence-electron chi connectivity index (χ3n) is 6.68. The van der Waals surface area contributed by atoms with E-state index in [1.54, 1.807) is 0 Å². The zero-order valence-electron chi connectivity index (χ0n) is 19.3. The predicted octanol–water partition coefficient (Wildman–Crippen LogP) is 4.99. The SMILES string of the molecule is CCCN(CCCCNC(=O)N1CC=C(c2ccccc2)CC1)C1CCc2ncsc2C1. The molecule has 6 heteroatoms. The lowest BCUT2D eigenvalue weighted by molar-refractivity contribution is 0.176. The van der Waals surface area contributed by atoms with Crippen molar-refractivity contribution in [3.05, 3.63) is 58.1 Å². The Morgan fingerprint density at radius 2 is 2.09 bits per heavy atom. The van der Waals surface area contributed by atoms with Crippen LogP contribution in [0.5, 0.6) is 0 Å². The third kappa shape index (κ3) is 5.99. The number of fused-ring (bicyclic) bond motifs is 1. The number of amides is 2. The van der Waals surface area contributed by atoms with Gasteiger partial charge in [-0.25, -0.2) is 9.78 Å². The van der Waals surface area contributed by atoms with Crippen LogP contribution in [0.2, 0.25) is 0 Å². The molecule has 2 aliphatic rings. The van der Waals surface area contributed by atoms with Gasteiger partial charge >= 0.3 is 6.03 Å². The number of carbonyl (C=O) groups is 1. The molecule has 4 rings (SSSR count). The molecule has 172 valence electrons. The van der Waals surface area contributed by atoms with Crippen molar-refractivity contribution in [3.8, 4) is 0 Å². The average molecular weight is 453 g/mol. The number of carbonyl (C=O) groups excluding carboxylic acids is 1. The Hall–Kier alpha value is -2.18. The first-order valence-corrected chi connectivity index (χ1v) is 13.0. The minimum Gasteiger partial charge on any atom is -0.338 e. The van der Waals surface area contributed by atoms with E-state index in [2.05, 4.69) is 52.5 Å².